The molecule has 1 aromatic carbocycles. The number of likely N-dealkylation sites (tertiary alicyclic amines) is 2. The van der Waals surface area contributed by atoms with Crippen LogP contribution in [0.2, 0.25) is 5.02 Å². The molecule has 0 N–H and O–H groups in total. The number of aromatic nitrogens is 1. The van der Waals surface area contributed by atoms with Gasteiger partial charge < -0.3 is 18.8 Å². The van der Waals surface area contributed by atoms with Crippen molar-refractivity contribution in [3.8, 4) is 23.0 Å². The first-order valence-electron chi connectivity index (χ1n) is 11.1. The van der Waals surface area contributed by atoms with Crippen LogP contribution < -0.4 is 9.47 Å². The van der Waals surface area contributed by atoms with Crippen LogP contribution in [0, 0.1) is 12.8 Å². The third-order valence-corrected chi connectivity index (χ3v) is 6.96. The molecule has 8 heteroatoms. The van der Waals surface area contributed by atoms with Crippen molar-refractivity contribution < 1.29 is 18.7 Å². The van der Waals surface area contributed by atoms with E-state index in [4.69, 9.17) is 30.5 Å². The average Bonchev–Trinajstić information content (AvgIpc) is 3.47. The van der Waals surface area contributed by atoms with Gasteiger partial charge in [0.25, 0.3) is 0 Å². The number of benzene rings is 1. The molecular formula is C23H28ClN3O4. The van der Waals surface area contributed by atoms with E-state index in [1.54, 1.807) is 6.07 Å². The SMILES string of the molecule is Cc1oc(-c2cc3c(cc2Cl)OCO3)nc1CN1CCC(CCN2CCCC2=O)CC1. The van der Waals surface area contributed by atoms with E-state index in [1.165, 1.54) is 12.8 Å². The molecule has 5 rings (SSSR count). The first-order chi connectivity index (χ1) is 15.1. The maximum absolute atomic E-state index is 11.8. The molecule has 4 heterocycles. The standard InChI is InChI=1S/C23H28ClN3O4/c1-15-19(25-23(31-15)17-11-20-21(12-18(17)24)30-14-29-20)13-26-8-4-16(5-9-26)6-10-27-7-2-3-22(27)28/h11-12,16H,2-10,13-14H2,1H3. The Balaban J connectivity index is 1.17. The summed E-state index contributed by atoms with van der Waals surface area (Å²) in [7, 11) is 0. The molecule has 0 saturated carbocycles. The highest BCUT2D eigenvalue weighted by Crippen LogP contribution is 2.41. The molecule has 3 aliphatic heterocycles. The van der Waals surface area contributed by atoms with Crippen molar-refractivity contribution in [2.75, 3.05) is 33.0 Å². The molecule has 0 spiro atoms. The van der Waals surface area contributed by atoms with E-state index >= 15 is 0 Å². The van der Waals surface area contributed by atoms with Crippen LogP contribution in [0.3, 0.4) is 0 Å². The average molecular weight is 446 g/mol. The highest BCUT2D eigenvalue weighted by atomic mass is 35.5. The van der Waals surface area contributed by atoms with Gasteiger partial charge >= 0.3 is 0 Å². The topological polar surface area (TPSA) is 68.0 Å². The Labute approximate surface area is 187 Å². The molecule has 166 valence electrons. The molecule has 2 aromatic rings. The summed E-state index contributed by atoms with van der Waals surface area (Å²) in [4.78, 5) is 21.0. The highest BCUT2D eigenvalue weighted by molar-refractivity contribution is 6.33. The minimum absolute atomic E-state index is 0.204. The van der Waals surface area contributed by atoms with Crippen molar-refractivity contribution in [3.63, 3.8) is 0 Å². The number of rotatable bonds is 6. The van der Waals surface area contributed by atoms with Crippen LogP contribution in [-0.2, 0) is 11.3 Å². The Morgan fingerprint density at radius 1 is 1.16 bits per heavy atom. The lowest BCUT2D eigenvalue weighted by Crippen LogP contribution is -2.35. The molecule has 0 aliphatic carbocycles. The fraction of sp³-hybridized carbons (Fsp3) is 0.565. The summed E-state index contributed by atoms with van der Waals surface area (Å²) in [5.74, 6) is 3.67. The van der Waals surface area contributed by atoms with E-state index < -0.39 is 0 Å². The Hall–Kier alpha value is -2.25. The quantitative estimate of drug-likeness (QED) is 0.661. The molecule has 0 unspecified atom stereocenters. The molecule has 31 heavy (non-hydrogen) atoms. The van der Waals surface area contributed by atoms with Crippen LogP contribution in [0.25, 0.3) is 11.5 Å². The van der Waals surface area contributed by atoms with Gasteiger partial charge in [-0.05, 0) is 57.7 Å². The molecule has 7 nitrogen and oxygen atoms in total. The third-order valence-electron chi connectivity index (χ3n) is 6.64. The van der Waals surface area contributed by atoms with Crippen LogP contribution in [0.4, 0.5) is 0 Å². The third kappa shape index (κ3) is 4.39. The van der Waals surface area contributed by atoms with Gasteiger partial charge in [0.2, 0.25) is 18.6 Å². The zero-order chi connectivity index (χ0) is 21.4. The van der Waals surface area contributed by atoms with E-state index in [0.717, 1.165) is 69.0 Å². The number of oxazole rings is 1. The summed E-state index contributed by atoms with van der Waals surface area (Å²) < 4.78 is 16.8. The number of amides is 1. The van der Waals surface area contributed by atoms with Crippen molar-refractivity contribution >= 4 is 17.5 Å². The number of carbonyl (C=O) groups excluding carboxylic acids is 1. The summed E-state index contributed by atoms with van der Waals surface area (Å²) in [6.45, 7) is 6.89. The minimum Gasteiger partial charge on any atom is -0.454 e. The molecule has 0 atom stereocenters. The van der Waals surface area contributed by atoms with E-state index in [1.807, 2.05) is 17.9 Å². The number of halogens is 1. The number of hydrogen-bond acceptors (Lipinski definition) is 6. The second-order valence-electron chi connectivity index (χ2n) is 8.70. The van der Waals surface area contributed by atoms with Crippen molar-refractivity contribution in [2.45, 2.75) is 45.6 Å². The van der Waals surface area contributed by atoms with Crippen molar-refractivity contribution in [3.05, 3.63) is 28.6 Å². The van der Waals surface area contributed by atoms with E-state index in [2.05, 4.69) is 4.90 Å². The van der Waals surface area contributed by atoms with Crippen molar-refractivity contribution in [1.82, 2.24) is 14.8 Å². The van der Waals surface area contributed by atoms with Gasteiger partial charge in [-0.25, -0.2) is 4.98 Å². The van der Waals surface area contributed by atoms with Gasteiger partial charge in [-0.1, -0.05) is 11.6 Å². The molecular weight excluding hydrogens is 418 g/mol. The summed E-state index contributed by atoms with van der Waals surface area (Å²) >= 11 is 6.43. The Morgan fingerprint density at radius 3 is 2.68 bits per heavy atom. The van der Waals surface area contributed by atoms with Crippen LogP contribution in [0.15, 0.2) is 16.5 Å². The number of ether oxygens (including phenoxy) is 2. The van der Waals surface area contributed by atoms with Crippen molar-refractivity contribution in [2.24, 2.45) is 5.92 Å². The maximum atomic E-state index is 11.8. The lowest BCUT2D eigenvalue weighted by molar-refractivity contribution is -0.127. The lowest BCUT2D eigenvalue weighted by atomic mass is 9.93. The number of fused-ring (bicyclic) bond motifs is 1. The largest absolute Gasteiger partial charge is 0.454 e. The van der Waals surface area contributed by atoms with Crippen LogP contribution in [0.1, 0.15) is 43.6 Å². The van der Waals surface area contributed by atoms with Gasteiger partial charge in [0.05, 0.1) is 16.3 Å². The fourth-order valence-electron chi connectivity index (χ4n) is 4.69. The molecule has 0 bridgehead atoms. The minimum atomic E-state index is 0.204. The van der Waals surface area contributed by atoms with Crippen molar-refractivity contribution in [1.29, 1.82) is 0 Å². The second-order valence-corrected chi connectivity index (χ2v) is 9.11. The Bertz CT molecular complexity index is 968. The lowest BCUT2D eigenvalue weighted by Gasteiger charge is -2.32. The second kappa shape index (κ2) is 8.71. The molecule has 3 aliphatic rings. The monoisotopic (exact) mass is 445 g/mol. The summed E-state index contributed by atoms with van der Waals surface area (Å²) in [6, 6.07) is 3.58. The zero-order valence-electron chi connectivity index (χ0n) is 17.9. The highest BCUT2D eigenvalue weighted by Gasteiger charge is 2.25. The fourth-order valence-corrected chi connectivity index (χ4v) is 4.93. The predicted octanol–water partition coefficient (Wildman–Crippen LogP) is 4.26. The maximum Gasteiger partial charge on any atom is 0.231 e. The zero-order valence-corrected chi connectivity index (χ0v) is 18.6. The van der Waals surface area contributed by atoms with E-state index in [-0.39, 0.29) is 6.79 Å². The van der Waals surface area contributed by atoms with Crippen LogP contribution >= 0.6 is 11.6 Å². The molecule has 2 saturated heterocycles. The summed E-state index contributed by atoms with van der Waals surface area (Å²) in [5, 5.41) is 0.536. The molecule has 1 aromatic heterocycles. The Morgan fingerprint density at radius 2 is 1.94 bits per heavy atom. The first kappa shape index (κ1) is 20.6. The Kier molecular flexibility index (Phi) is 5.80. The summed E-state index contributed by atoms with van der Waals surface area (Å²) in [5.41, 5.74) is 1.67. The molecule has 0 radical (unpaired) electrons. The van der Waals surface area contributed by atoms with Crippen LogP contribution in [-0.4, -0.2) is 53.7 Å². The predicted molar refractivity (Wildman–Crippen MR) is 116 cm³/mol. The number of aryl methyl sites for hydroxylation is 1. The van der Waals surface area contributed by atoms with Gasteiger partial charge in [0, 0.05) is 32.1 Å². The normalized spacial score (nSPS) is 19.5. The van der Waals surface area contributed by atoms with Gasteiger partial charge in [0.1, 0.15) is 5.76 Å². The molecule has 2 fully saturated rings. The van der Waals surface area contributed by atoms with Gasteiger partial charge in [-0.2, -0.15) is 0 Å². The number of hydrogen-bond donors (Lipinski definition) is 0. The number of carbonyl (C=O) groups is 1. The van der Waals surface area contributed by atoms with Gasteiger partial charge in [0.15, 0.2) is 11.5 Å². The van der Waals surface area contributed by atoms with Crippen LogP contribution in [0.5, 0.6) is 11.5 Å². The smallest absolute Gasteiger partial charge is 0.231 e. The van der Waals surface area contributed by atoms with Gasteiger partial charge in [-0.15, -0.1) is 0 Å². The summed E-state index contributed by atoms with van der Waals surface area (Å²) in [6.07, 6.45) is 5.21. The molecule has 1 amide bonds. The first-order valence-corrected chi connectivity index (χ1v) is 11.5. The van der Waals surface area contributed by atoms with E-state index in [9.17, 15) is 4.79 Å². The van der Waals surface area contributed by atoms with E-state index in [0.29, 0.717) is 34.2 Å². The van der Waals surface area contributed by atoms with Gasteiger partial charge in [-0.3, -0.25) is 9.69 Å². The number of piperidine rings is 1. The number of nitrogens with zero attached hydrogens (tertiary/aromatic N) is 3.